The van der Waals surface area contributed by atoms with Crippen molar-refractivity contribution in [2.24, 2.45) is 10.2 Å². The average molecular weight is 502 g/mol. The third-order valence-electron chi connectivity index (χ3n) is 4.96. The molecule has 0 aliphatic carbocycles. The van der Waals surface area contributed by atoms with E-state index in [0.29, 0.717) is 28.8 Å². The summed E-state index contributed by atoms with van der Waals surface area (Å²) in [6.07, 6.45) is 0. The summed E-state index contributed by atoms with van der Waals surface area (Å²) in [5.74, 6) is -0.115. The summed E-state index contributed by atoms with van der Waals surface area (Å²) in [4.78, 5) is 16.8. The normalized spacial score (nSPS) is 11.4. The van der Waals surface area contributed by atoms with Gasteiger partial charge in [-0.2, -0.15) is 4.80 Å². The second-order valence-electron chi connectivity index (χ2n) is 7.22. The van der Waals surface area contributed by atoms with Gasteiger partial charge in [0.05, 0.1) is 12.1 Å². The molecule has 3 aromatic carbocycles. The first kappa shape index (κ1) is 20.7. The highest BCUT2D eigenvalue weighted by Crippen LogP contribution is 2.36. The Bertz CT molecular complexity index is 1470. The van der Waals surface area contributed by atoms with E-state index in [1.807, 2.05) is 36.4 Å². The SMILES string of the molecule is O=C(N=Nc1c(O)[nH]c2ccc(Br)cc12)c1ccc(Cn2nnc(-c3ccccc3)n2)cc1. The fourth-order valence-electron chi connectivity index (χ4n) is 3.32. The number of nitrogens with one attached hydrogen (secondary N) is 1. The maximum absolute atomic E-state index is 12.5. The van der Waals surface area contributed by atoms with Crippen LogP contribution in [0.25, 0.3) is 22.3 Å². The number of aromatic amines is 1. The highest BCUT2D eigenvalue weighted by molar-refractivity contribution is 9.10. The van der Waals surface area contributed by atoms with Crippen LogP contribution in [-0.2, 0) is 6.54 Å². The number of amides is 1. The minimum Gasteiger partial charge on any atom is -0.493 e. The lowest BCUT2D eigenvalue weighted by Gasteiger charge is -2.01. The smallest absolute Gasteiger partial charge is 0.295 e. The van der Waals surface area contributed by atoms with E-state index >= 15 is 0 Å². The zero-order chi connectivity index (χ0) is 22.8. The Kier molecular flexibility index (Phi) is 5.49. The van der Waals surface area contributed by atoms with Crippen LogP contribution in [0.15, 0.2) is 87.5 Å². The van der Waals surface area contributed by atoms with Crippen molar-refractivity contribution in [2.75, 3.05) is 0 Å². The summed E-state index contributed by atoms with van der Waals surface area (Å²) in [6.45, 7) is 0.411. The van der Waals surface area contributed by atoms with Crippen molar-refractivity contribution in [3.05, 3.63) is 88.4 Å². The lowest BCUT2D eigenvalue weighted by atomic mass is 10.1. The topological polar surface area (TPSA) is 121 Å². The summed E-state index contributed by atoms with van der Waals surface area (Å²) in [7, 11) is 0. The molecule has 5 rings (SSSR count). The van der Waals surface area contributed by atoms with Crippen LogP contribution < -0.4 is 0 Å². The van der Waals surface area contributed by atoms with Crippen molar-refractivity contribution in [3.8, 4) is 17.3 Å². The summed E-state index contributed by atoms with van der Waals surface area (Å²) < 4.78 is 0.824. The molecule has 0 radical (unpaired) electrons. The van der Waals surface area contributed by atoms with Crippen LogP contribution in [0, 0.1) is 0 Å². The molecule has 33 heavy (non-hydrogen) atoms. The van der Waals surface area contributed by atoms with Gasteiger partial charge in [0.1, 0.15) is 0 Å². The van der Waals surface area contributed by atoms with E-state index in [4.69, 9.17) is 0 Å². The number of aromatic nitrogens is 5. The highest BCUT2D eigenvalue weighted by atomic mass is 79.9. The van der Waals surface area contributed by atoms with Crippen molar-refractivity contribution in [2.45, 2.75) is 6.54 Å². The van der Waals surface area contributed by atoms with Crippen LogP contribution in [0.5, 0.6) is 5.88 Å². The number of carbonyl (C=O) groups is 1. The fourth-order valence-corrected chi connectivity index (χ4v) is 3.68. The zero-order valence-electron chi connectivity index (χ0n) is 17.1. The Morgan fingerprint density at radius 2 is 1.85 bits per heavy atom. The van der Waals surface area contributed by atoms with Gasteiger partial charge < -0.3 is 10.1 Å². The van der Waals surface area contributed by atoms with E-state index in [0.717, 1.165) is 15.6 Å². The van der Waals surface area contributed by atoms with Crippen molar-refractivity contribution in [3.63, 3.8) is 0 Å². The average Bonchev–Trinajstić information content (AvgIpc) is 3.42. The first-order chi connectivity index (χ1) is 16.1. The molecule has 2 heterocycles. The molecule has 2 N–H and O–H groups in total. The molecule has 0 aliphatic rings. The molecule has 162 valence electrons. The monoisotopic (exact) mass is 501 g/mol. The zero-order valence-corrected chi connectivity index (χ0v) is 18.6. The molecule has 0 atom stereocenters. The summed E-state index contributed by atoms with van der Waals surface area (Å²) in [5.41, 5.74) is 3.07. The number of hydrogen-bond acceptors (Lipinski definition) is 6. The third-order valence-corrected chi connectivity index (χ3v) is 5.46. The minimum atomic E-state index is -0.518. The number of aromatic hydroxyl groups is 1. The molecule has 0 unspecified atom stereocenters. The molecule has 2 aromatic heterocycles. The van der Waals surface area contributed by atoms with E-state index in [2.05, 4.69) is 46.6 Å². The first-order valence-corrected chi connectivity index (χ1v) is 10.7. The second-order valence-corrected chi connectivity index (χ2v) is 8.14. The Hall–Kier alpha value is -4.18. The van der Waals surface area contributed by atoms with Gasteiger partial charge in [0.15, 0.2) is 5.69 Å². The largest absolute Gasteiger partial charge is 0.493 e. The predicted octanol–water partition coefficient (Wildman–Crippen LogP) is 5.26. The lowest BCUT2D eigenvalue weighted by Crippen LogP contribution is -2.04. The van der Waals surface area contributed by atoms with Crippen LogP contribution in [0.2, 0.25) is 0 Å². The van der Waals surface area contributed by atoms with Gasteiger partial charge in [0.25, 0.3) is 5.91 Å². The van der Waals surface area contributed by atoms with Crippen molar-refractivity contribution < 1.29 is 9.90 Å². The molecule has 9 nitrogen and oxygen atoms in total. The van der Waals surface area contributed by atoms with E-state index < -0.39 is 5.91 Å². The molecular formula is C23H16BrN7O2. The number of halogens is 1. The number of nitrogens with zero attached hydrogens (tertiary/aromatic N) is 6. The van der Waals surface area contributed by atoms with Crippen LogP contribution in [0.4, 0.5) is 5.69 Å². The van der Waals surface area contributed by atoms with Gasteiger partial charge in [-0.15, -0.1) is 20.4 Å². The van der Waals surface area contributed by atoms with E-state index in [1.165, 1.54) is 4.80 Å². The molecule has 0 fully saturated rings. The fraction of sp³-hybridized carbons (Fsp3) is 0.0435. The molecule has 0 saturated carbocycles. The maximum atomic E-state index is 12.5. The molecule has 0 aliphatic heterocycles. The first-order valence-electron chi connectivity index (χ1n) is 9.95. The van der Waals surface area contributed by atoms with Crippen molar-refractivity contribution in [1.29, 1.82) is 0 Å². The van der Waals surface area contributed by atoms with Gasteiger partial charge in [0.2, 0.25) is 11.7 Å². The van der Waals surface area contributed by atoms with Gasteiger partial charge in [-0.3, -0.25) is 4.79 Å². The minimum absolute atomic E-state index is 0.148. The Morgan fingerprint density at radius 1 is 1.06 bits per heavy atom. The van der Waals surface area contributed by atoms with Gasteiger partial charge in [0, 0.05) is 21.0 Å². The summed E-state index contributed by atoms with van der Waals surface area (Å²) in [6, 6.07) is 22.0. The predicted molar refractivity (Wildman–Crippen MR) is 125 cm³/mol. The number of H-pyrrole nitrogens is 1. The quantitative estimate of drug-likeness (QED) is 0.318. The van der Waals surface area contributed by atoms with Gasteiger partial charge in [-0.25, -0.2) is 0 Å². The standard InChI is InChI=1S/C23H16BrN7O2/c24-17-10-11-19-18(12-17)20(23(33)25-19)26-28-22(32)16-8-6-14(7-9-16)13-31-29-21(27-30-31)15-4-2-1-3-5-15/h1-12,25,33H,13H2. The van der Waals surface area contributed by atoms with Crippen molar-refractivity contribution in [1.82, 2.24) is 25.2 Å². The molecule has 0 saturated heterocycles. The third kappa shape index (κ3) is 4.41. The molecule has 10 heteroatoms. The van der Waals surface area contributed by atoms with E-state index in [-0.39, 0.29) is 11.6 Å². The number of fused-ring (bicyclic) bond motifs is 1. The molecular weight excluding hydrogens is 486 g/mol. The maximum Gasteiger partial charge on any atom is 0.295 e. The van der Waals surface area contributed by atoms with Crippen LogP contribution in [0.1, 0.15) is 15.9 Å². The van der Waals surface area contributed by atoms with Crippen LogP contribution in [0.3, 0.4) is 0 Å². The summed E-state index contributed by atoms with van der Waals surface area (Å²) >= 11 is 3.39. The van der Waals surface area contributed by atoms with Gasteiger partial charge >= 0.3 is 0 Å². The van der Waals surface area contributed by atoms with E-state index in [1.54, 1.807) is 36.4 Å². The molecule has 0 spiro atoms. The number of azo groups is 1. The van der Waals surface area contributed by atoms with Crippen LogP contribution >= 0.6 is 15.9 Å². The Balaban J connectivity index is 1.29. The number of tetrazole rings is 1. The Labute approximate surface area is 195 Å². The number of hydrogen-bond donors (Lipinski definition) is 2. The molecule has 1 amide bonds. The Morgan fingerprint density at radius 3 is 2.64 bits per heavy atom. The van der Waals surface area contributed by atoms with Gasteiger partial charge in [-0.1, -0.05) is 58.4 Å². The van der Waals surface area contributed by atoms with Crippen LogP contribution in [-0.4, -0.2) is 36.2 Å². The molecule has 0 bridgehead atoms. The van der Waals surface area contributed by atoms with Crippen molar-refractivity contribution >= 4 is 38.4 Å². The van der Waals surface area contributed by atoms with Gasteiger partial charge in [-0.05, 0) is 41.1 Å². The number of carbonyl (C=O) groups excluding carboxylic acids is 1. The highest BCUT2D eigenvalue weighted by Gasteiger charge is 2.12. The van der Waals surface area contributed by atoms with E-state index in [9.17, 15) is 9.90 Å². The lowest BCUT2D eigenvalue weighted by molar-refractivity contribution is 0.0995. The summed E-state index contributed by atoms with van der Waals surface area (Å²) in [5, 5.41) is 31.1. The second kappa shape index (κ2) is 8.75. The number of rotatable bonds is 5. The molecule has 5 aromatic rings. The number of benzene rings is 3.